The Morgan fingerprint density at radius 3 is 2.52 bits per heavy atom. The van der Waals surface area contributed by atoms with Gasteiger partial charge in [-0.3, -0.25) is 4.79 Å². The van der Waals surface area contributed by atoms with E-state index in [9.17, 15) is 4.79 Å². The largest absolute Gasteiger partial charge is 0.381 e. The van der Waals surface area contributed by atoms with Crippen LogP contribution in [0.3, 0.4) is 0 Å². The average molecular weight is 346 g/mol. The van der Waals surface area contributed by atoms with E-state index in [0.29, 0.717) is 0 Å². The van der Waals surface area contributed by atoms with Gasteiger partial charge in [0.15, 0.2) is 0 Å². The summed E-state index contributed by atoms with van der Waals surface area (Å²) >= 11 is 0. The zero-order valence-corrected chi connectivity index (χ0v) is 14.9. The molecule has 1 aromatic rings. The van der Waals surface area contributed by atoms with Gasteiger partial charge in [-0.25, -0.2) is 0 Å². The monoisotopic (exact) mass is 346 g/mol. The lowest BCUT2D eigenvalue weighted by Gasteiger charge is -2.36. The highest BCUT2D eigenvalue weighted by molar-refractivity contribution is 5.82. The van der Waals surface area contributed by atoms with Crippen molar-refractivity contribution >= 4 is 5.91 Å². The van der Waals surface area contributed by atoms with Gasteiger partial charge in [0, 0.05) is 26.3 Å². The van der Waals surface area contributed by atoms with E-state index in [1.807, 2.05) is 11.0 Å². The van der Waals surface area contributed by atoms with Crippen LogP contribution in [0.1, 0.15) is 31.2 Å². The Bertz CT molecular complexity index is 523. The van der Waals surface area contributed by atoms with Crippen molar-refractivity contribution in [2.45, 2.75) is 44.2 Å². The van der Waals surface area contributed by atoms with Gasteiger partial charge in [-0.05, 0) is 43.6 Å². The predicted molar refractivity (Wildman–Crippen MR) is 97.2 cm³/mol. The van der Waals surface area contributed by atoms with Crippen LogP contribution in [0.25, 0.3) is 0 Å². The minimum Gasteiger partial charge on any atom is -0.381 e. The lowest BCUT2D eigenvalue weighted by Crippen LogP contribution is -2.51. The van der Waals surface area contributed by atoms with Gasteiger partial charge >= 0.3 is 0 Å². The highest BCUT2D eigenvalue weighted by atomic mass is 16.5. The zero-order chi connectivity index (χ0) is 17.5. The van der Waals surface area contributed by atoms with E-state index < -0.39 is 0 Å². The highest BCUT2D eigenvalue weighted by Gasteiger charge is 2.32. The minimum absolute atomic E-state index is 0.106. The molecule has 0 spiro atoms. The molecule has 2 fully saturated rings. The lowest BCUT2D eigenvalue weighted by atomic mass is 9.91. The lowest BCUT2D eigenvalue weighted by molar-refractivity contribution is -0.137. The molecular formula is C20H30N2O3. The summed E-state index contributed by atoms with van der Waals surface area (Å²) in [5.41, 5.74) is 7.53. The minimum atomic E-state index is -0.376. The van der Waals surface area contributed by atoms with Crippen LogP contribution in [0, 0.1) is 5.92 Å². The summed E-state index contributed by atoms with van der Waals surface area (Å²) in [4.78, 5) is 14.6. The first-order valence-electron chi connectivity index (χ1n) is 9.51. The second kappa shape index (κ2) is 9.32. The number of benzene rings is 1. The first kappa shape index (κ1) is 18.4. The molecule has 2 heterocycles. The van der Waals surface area contributed by atoms with Crippen molar-refractivity contribution in [3.8, 4) is 0 Å². The summed E-state index contributed by atoms with van der Waals surface area (Å²) in [6.07, 6.45) is 4.79. The summed E-state index contributed by atoms with van der Waals surface area (Å²) in [6, 6.07) is 10.0. The Kier molecular flexibility index (Phi) is 6.84. The van der Waals surface area contributed by atoms with E-state index >= 15 is 0 Å². The van der Waals surface area contributed by atoms with E-state index in [4.69, 9.17) is 15.2 Å². The molecule has 0 saturated carbocycles. The molecule has 138 valence electrons. The van der Waals surface area contributed by atoms with Gasteiger partial charge in [-0.2, -0.15) is 0 Å². The number of likely N-dealkylation sites (tertiary alicyclic amines) is 1. The number of ether oxygens (including phenoxy) is 2. The first-order valence-corrected chi connectivity index (χ1v) is 9.51. The van der Waals surface area contributed by atoms with Gasteiger partial charge in [-0.15, -0.1) is 0 Å². The van der Waals surface area contributed by atoms with Crippen molar-refractivity contribution in [3.05, 3.63) is 35.9 Å². The number of piperidine rings is 1. The second-order valence-electron chi connectivity index (χ2n) is 7.11. The summed E-state index contributed by atoms with van der Waals surface area (Å²) in [7, 11) is 0. The molecule has 0 bridgehead atoms. The third-order valence-electron chi connectivity index (χ3n) is 5.40. The second-order valence-corrected chi connectivity index (χ2v) is 7.11. The molecule has 2 saturated heterocycles. The number of carbonyl (C=O) groups excluding carboxylic acids is 1. The maximum absolute atomic E-state index is 12.6. The van der Waals surface area contributed by atoms with Gasteiger partial charge in [0.05, 0.1) is 18.8 Å². The van der Waals surface area contributed by atoms with E-state index in [-0.39, 0.29) is 24.0 Å². The van der Waals surface area contributed by atoms with Crippen molar-refractivity contribution in [3.63, 3.8) is 0 Å². The van der Waals surface area contributed by atoms with Crippen LogP contribution in [0.4, 0.5) is 0 Å². The smallest absolute Gasteiger partial charge is 0.239 e. The molecule has 0 aromatic heterocycles. The standard InChI is InChI=1S/C20H30N2O3/c21-19(17-9-13-24-14-10-17)20(23)22-11-6-18(7-12-22)25-15-8-16-4-2-1-3-5-16/h1-5,17-19H,6-15,21H2. The molecule has 3 rings (SSSR count). The zero-order valence-electron chi connectivity index (χ0n) is 14.9. The van der Waals surface area contributed by atoms with E-state index in [0.717, 1.165) is 65.0 Å². The first-order chi connectivity index (χ1) is 12.2. The third kappa shape index (κ3) is 5.27. The maximum atomic E-state index is 12.6. The maximum Gasteiger partial charge on any atom is 0.239 e. The molecule has 2 aliphatic rings. The molecular weight excluding hydrogens is 316 g/mol. The summed E-state index contributed by atoms with van der Waals surface area (Å²) in [5, 5.41) is 0. The number of nitrogens with zero attached hydrogens (tertiary/aromatic N) is 1. The van der Waals surface area contributed by atoms with Crippen molar-refractivity contribution in [1.29, 1.82) is 0 Å². The molecule has 0 radical (unpaired) electrons. The Hall–Kier alpha value is -1.43. The van der Waals surface area contributed by atoms with E-state index in [2.05, 4.69) is 24.3 Å². The number of nitrogens with two attached hydrogens (primary N) is 1. The normalized spacial score (nSPS) is 21.2. The number of rotatable bonds is 6. The predicted octanol–water partition coefficient (Wildman–Crippen LogP) is 1.99. The SMILES string of the molecule is NC(C(=O)N1CCC(OCCc2ccccc2)CC1)C1CCOCC1. The van der Waals surface area contributed by atoms with Gasteiger partial charge < -0.3 is 20.1 Å². The van der Waals surface area contributed by atoms with Crippen molar-refractivity contribution in [1.82, 2.24) is 4.90 Å². The molecule has 1 aromatic carbocycles. The average Bonchev–Trinajstić information content (AvgIpc) is 2.69. The van der Waals surface area contributed by atoms with E-state index in [1.54, 1.807) is 0 Å². The molecule has 0 aliphatic carbocycles. The number of amides is 1. The Morgan fingerprint density at radius 1 is 1.16 bits per heavy atom. The van der Waals surface area contributed by atoms with Gasteiger partial charge in [0.25, 0.3) is 0 Å². The van der Waals surface area contributed by atoms with Gasteiger partial charge in [-0.1, -0.05) is 30.3 Å². The topological polar surface area (TPSA) is 64.8 Å². The molecule has 1 atom stereocenters. The molecule has 1 unspecified atom stereocenters. The fourth-order valence-corrected chi connectivity index (χ4v) is 3.72. The molecule has 2 N–H and O–H groups in total. The Morgan fingerprint density at radius 2 is 1.84 bits per heavy atom. The van der Waals surface area contributed by atoms with E-state index in [1.165, 1.54) is 5.56 Å². The van der Waals surface area contributed by atoms with Crippen LogP contribution >= 0.6 is 0 Å². The van der Waals surface area contributed by atoms with Crippen molar-refractivity contribution in [2.75, 3.05) is 32.9 Å². The van der Waals surface area contributed by atoms with Crippen LogP contribution < -0.4 is 5.73 Å². The number of hydrogen-bond acceptors (Lipinski definition) is 4. The highest BCUT2D eigenvalue weighted by Crippen LogP contribution is 2.21. The summed E-state index contributed by atoms with van der Waals surface area (Å²) in [5.74, 6) is 0.371. The summed E-state index contributed by atoms with van der Waals surface area (Å²) < 4.78 is 11.4. The van der Waals surface area contributed by atoms with Crippen molar-refractivity contribution in [2.24, 2.45) is 11.7 Å². The number of carbonyl (C=O) groups is 1. The number of hydrogen-bond donors (Lipinski definition) is 1. The van der Waals surface area contributed by atoms with Crippen LogP contribution in [0.15, 0.2) is 30.3 Å². The van der Waals surface area contributed by atoms with Gasteiger partial charge in [0.1, 0.15) is 0 Å². The van der Waals surface area contributed by atoms with Crippen LogP contribution in [0.5, 0.6) is 0 Å². The van der Waals surface area contributed by atoms with Gasteiger partial charge in [0.2, 0.25) is 5.91 Å². The molecule has 2 aliphatic heterocycles. The molecule has 5 nitrogen and oxygen atoms in total. The van der Waals surface area contributed by atoms with Crippen molar-refractivity contribution < 1.29 is 14.3 Å². The molecule has 5 heteroatoms. The Labute approximate surface area is 150 Å². The third-order valence-corrected chi connectivity index (χ3v) is 5.40. The fraction of sp³-hybridized carbons (Fsp3) is 0.650. The van der Waals surface area contributed by atoms with Crippen LogP contribution in [0.2, 0.25) is 0 Å². The van der Waals surface area contributed by atoms with Crippen LogP contribution in [-0.2, 0) is 20.7 Å². The fourth-order valence-electron chi connectivity index (χ4n) is 3.72. The Balaban J connectivity index is 1.37. The summed E-state index contributed by atoms with van der Waals surface area (Å²) in [6.45, 7) is 3.70. The van der Waals surface area contributed by atoms with Crippen LogP contribution in [-0.4, -0.2) is 55.9 Å². The quantitative estimate of drug-likeness (QED) is 0.855. The molecule has 1 amide bonds. The molecule has 25 heavy (non-hydrogen) atoms.